The van der Waals surface area contributed by atoms with E-state index in [2.05, 4.69) is 10.1 Å². The predicted molar refractivity (Wildman–Crippen MR) is 117 cm³/mol. The number of benzene rings is 1. The summed E-state index contributed by atoms with van der Waals surface area (Å²) in [7, 11) is 0. The molecule has 2 aromatic heterocycles. The quantitative estimate of drug-likeness (QED) is 0.570. The number of esters is 1. The van der Waals surface area contributed by atoms with E-state index < -0.39 is 5.41 Å². The van der Waals surface area contributed by atoms with E-state index in [0.717, 1.165) is 17.0 Å². The molecule has 32 heavy (non-hydrogen) atoms. The number of rotatable bonds is 5. The van der Waals surface area contributed by atoms with Gasteiger partial charge in [-0.25, -0.2) is 13.9 Å². The summed E-state index contributed by atoms with van der Waals surface area (Å²) >= 11 is 0. The Morgan fingerprint density at radius 2 is 1.94 bits per heavy atom. The molecule has 1 unspecified atom stereocenters. The van der Waals surface area contributed by atoms with Crippen LogP contribution in [0.15, 0.2) is 36.4 Å². The van der Waals surface area contributed by atoms with Gasteiger partial charge < -0.3 is 9.64 Å². The minimum atomic E-state index is -0.883. The fourth-order valence-electron chi connectivity index (χ4n) is 4.52. The normalized spacial score (nSPS) is 18.7. The highest BCUT2D eigenvalue weighted by Crippen LogP contribution is 2.36. The number of piperidine rings is 1. The molecule has 0 radical (unpaired) electrons. The van der Waals surface area contributed by atoms with Gasteiger partial charge in [0, 0.05) is 30.5 Å². The maximum atomic E-state index is 13.4. The van der Waals surface area contributed by atoms with Crippen molar-refractivity contribution in [2.75, 3.05) is 19.7 Å². The summed E-state index contributed by atoms with van der Waals surface area (Å²) in [5.41, 5.74) is 2.61. The minimum absolute atomic E-state index is 0.224. The molecule has 168 valence electrons. The molecule has 3 heterocycles. The Morgan fingerprint density at radius 3 is 2.66 bits per heavy atom. The molecule has 0 aliphatic carbocycles. The number of aromatic nitrogens is 3. The van der Waals surface area contributed by atoms with Crippen LogP contribution >= 0.6 is 0 Å². The first-order valence-electron chi connectivity index (χ1n) is 10.9. The molecule has 0 bridgehead atoms. The highest BCUT2D eigenvalue weighted by Gasteiger charge is 2.45. The van der Waals surface area contributed by atoms with Crippen molar-refractivity contribution < 1.29 is 18.7 Å². The standard InChI is InChI=1S/C24H27FN4O3/c1-4-32-23(31)24(14-18-6-8-19(25)9-7-18)10-5-11-28(15-24)22(30)20-13-21-26-16(2)12-17(3)29(21)27-20/h6-9,12-13H,4-5,10-11,14-15H2,1-3H3. The molecule has 1 saturated heterocycles. The van der Waals surface area contributed by atoms with Gasteiger partial charge in [0.1, 0.15) is 5.82 Å². The second-order valence-electron chi connectivity index (χ2n) is 8.47. The Bertz CT molecular complexity index is 1160. The zero-order valence-corrected chi connectivity index (χ0v) is 18.6. The van der Waals surface area contributed by atoms with Crippen molar-refractivity contribution in [3.05, 3.63) is 64.9 Å². The summed E-state index contributed by atoms with van der Waals surface area (Å²) in [5.74, 6) is -0.893. The average Bonchev–Trinajstić information content (AvgIpc) is 3.19. The number of aryl methyl sites for hydroxylation is 2. The summed E-state index contributed by atoms with van der Waals surface area (Å²) in [4.78, 5) is 32.5. The molecular formula is C24H27FN4O3. The number of fused-ring (bicyclic) bond motifs is 1. The first-order chi connectivity index (χ1) is 15.3. The lowest BCUT2D eigenvalue weighted by atomic mass is 9.75. The Morgan fingerprint density at radius 1 is 1.19 bits per heavy atom. The van der Waals surface area contributed by atoms with Gasteiger partial charge in [-0.15, -0.1) is 0 Å². The number of hydrogen-bond acceptors (Lipinski definition) is 5. The van der Waals surface area contributed by atoms with E-state index >= 15 is 0 Å². The Labute approximate surface area is 186 Å². The SMILES string of the molecule is CCOC(=O)C1(Cc2ccc(F)cc2)CCCN(C(=O)c2cc3nc(C)cc(C)n3n2)C1. The third-order valence-electron chi connectivity index (χ3n) is 5.98. The number of nitrogens with zero attached hydrogens (tertiary/aromatic N) is 4. The molecule has 1 fully saturated rings. The van der Waals surface area contributed by atoms with Crippen LogP contribution in [0.3, 0.4) is 0 Å². The molecule has 1 aromatic carbocycles. The van der Waals surface area contributed by atoms with E-state index in [1.54, 1.807) is 34.5 Å². The van der Waals surface area contributed by atoms with E-state index in [4.69, 9.17) is 4.74 Å². The molecule has 1 atom stereocenters. The summed E-state index contributed by atoms with van der Waals surface area (Å²) < 4.78 is 20.4. The molecule has 3 aromatic rings. The topological polar surface area (TPSA) is 76.8 Å². The second kappa shape index (κ2) is 8.68. The molecule has 0 spiro atoms. The van der Waals surface area contributed by atoms with E-state index in [1.165, 1.54) is 12.1 Å². The van der Waals surface area contributed by atoms with Crippen LogP contribution in [0.1, 0.15) is 47.2 Å². The molecule has 0 saturated carbocycles. The summed E-state index contributed by atoms with van der Waals surface area (Å²) in [6, 6.07) is 9.71. The van der Waals surface area contributed by atoms with Gasteiger partial charge >= 0.3 is 5.97 Å². The Balaban J connectivity index is 1.63. The Hall–Kier alpha value is -3.29. The van der Waals surface area contributed by atoms with Gasteiger partial charge in [0.05, 0.1) is 12.0 Å². The minimum Gasteiger partial charge on any atom is -0.466 e. The summed E-state index contributed by atoms with van der Waals surface area (Å²) in [6.45, 7) is 6.59. The lowest BCUT2D eigenvalue weighted by Gasteiger charge is -2.40. The molecule has 4 rings (SSSR count). The zero-order chi connectivity index (χ0) is 22.9. The van der Waals surface area contributed by atoms with Gasteiger partial charge in [0.15, 0.2) is 11.3 Å². The lowest BCUT2D eigenvalue weighted by molar-refractivity contribution is -0.158. The smallest absolute Gasteiger partial charge is 0.314 e. The van der Waals surface area contributed by atoms with Crippen molar-refractivity contribution in [1.82, 2.24) is 19.5 Å². The van der Waals surface area contributed by atoms with Crippen molar-refractivity contribution in [2.24, 2.45) is 5.41 Å². The van der Waals surface area contributed by atoms with Gasteiger partial charge in [-0.05, 0) is 63.8 Å². The van der Waals surface area contributed by atoms with Crippen molar-refractivity contribution in [3.8, 4) is 0 Å². The van der Waals surface area contributed by atoms with Crippen LogP contribution in [0.2, 0.25) is 0 Å². The molecule has 0 N–H and O–H groups in total. The molecule has 1 aliphatic heterocycles. The first kappa shape index (κ1) is 21.9. The largest absolute Gasteiger partial charge is 0.466 e. The van der Waals surface area contributed by atoms with Gasteiger partial charge in [-0.1, -0.05) is 12.1 Å². The second-order valence-corrected chi connectivity index (χ2v) is 8.47. The number of carbonyl (C=O) groups is 2. The third kappa shape index (κ3) is 4.22. The van der Waals surface area contributed by atoms with E-state index in [1.807, 2.05) is 19.9 Å². The van der Waals surface area contributed by atoms with E-state index in [9.17, 15) is 14.0 Å². The van der Waals surface area contributed by atoms with Gasteiger partial charge in [-0.3, -0.25) is 9.59 Å². The number of carbonyl (C=O) groups excluding carboxylic acids is 2. The van der Waals surface area contributed by atoms with Crippen LogP contribution in [-0.2, 0) is 16.0 Å². The molecule has 1 amide bonds. The zero-order valence-electron chi connectivity index (χ0n) is 18.6. The van der Waals surface area contributed by atoms with E-state index in [-0.39, 0.29) is 30.8 Å². The van der Waals surface area contributed by atoms with Crippen molar-refractivity contribution in [1.29, 1.82) is 0 Å². The van der Waals surface area contributed by atoms with Crippen LogP contribution in [0.25, 0.3) is 5.65 Å². The van der Waals surface area contributed by atoms with Crippen LogP contribution in [0.5, 0.6) is 0 Å². The van der Waals surface area contributed by atoms with E-state index in [0.29, 0.717) is 37.1 Å². The maximum absolute atomic E-state index is 13.4. The van der Waals surface area contributed by atoms with Gasteiger partial charge in [-0.2, -0.15) is 5.10 Å². The van der Waals surface area contributed by atoms with Gasteiger partial charge in [0.25, 0.3) is 5.91 Å². The number of likely N-dealkylation sites (tertiary alicyclic amines) is 1. The number of amides is 1. The number of ether oxygens (including phenoxy) is 1. The average molecular weight is 439 g/mol. The van der Waals surface area contributed by atoms with Crippen molar-refractivity contribution in [2.45, 2.75) is 40.0 Å². The fourth-order valence-corrected chi connectivity index (χ4v) is 4.52. The first-order valence-corrected chi connectivity index (χ1v) is 10.9. The maximum Gasteiger partial charge on any atom is 0.314 e. The number of hydrogen-bond donors (Lipinski definition) is 0. The predicted octanol–water partition coefficient (Wildman–Crippen LogP) is 3.51. The number of halogens is 1. The van der Waals surface area contributed by atoms with Crippen molar-refractivity contribution >= 4 is 17.5 Å². The van der Waals surface area contributed by atoms with Crippen LogP contribution in [0, 0.1) is 25.1 Å². The Kier molecular flexibility index (Phi) is 5.95. The summed E-state index contributed by atoms with van der Waals surface area (Å²) in [6.07, 6.45) is 1.63. The van der Waals surface area contributed by atoms with Crippen molar-refractivity contribution in [3.63, 3.8) is 0 Å². The molecule has 8 heteroatoms. The third-order valence-corrected chi connectivity index (χ3v) is 5.98. The molecular weight excluding hydrogens is 411 g/mol. The lowest BCUT2D eigenvalue weighted by Crippen LogP contribution is -2.51. The van der Waals surface area contributed by atoms with Crippen LogP contribution in [0.4, 0.5) is 4.39 Å². The highest BCUT2D eigenvalue weighted by atomic mass is 19.1. The van der Waals surface area contributed by atoms with Crippen LogP contribution in [-0.4, -0.2) is 51.1 Å². The van der Waals surface area contributed by atoms with Crippen LogP contribution < -0.4 is 0 Å². The fraction of sp³-hybridized carbons (Fsp3) is 0.417. The molecule has 1 aliphatic rings. The summed E-state index contributed by atoms with van der Waals surface area (Å²) in [5, 5.41) is 4.46. The van der Waals surface area contributed by atoms with Gasteiger partial charge in [0.2, 0.25) is 0 Å². The molecule has 7 nitrogen and oxygen atoms in total. The monoisotopic (exact) mass is 438 g/mol. The highest BCUT2D eigenvalue weighted by molar-refractivity contribution is 5.94.